The molecule has 4 aromatic rings. The fraction of sp³-hybridized carbons (Fsp3) is 0.250. The number of aryl methyl sites for hydroxylation is 1. The van der Waals surface area contributed by atoms with Crippen LogP contribution in [0.25, 0.3) is 22.4 Å². The van der Waals surface area contributed by atoms with Crippen molar-refractivity contribution in [3.8, 4) is 11.4 Å². The van der Waals surface area contributed by atoms with Crippen LogP contribution in [0.2, 0.25) is 0 Å². The summed E-state index contributed by atoms with van der Waals surface area (Å²) in [7, 11) is 1.91. The van der Waals surface area contributed by atoms with E-state index < -0.39 is 5.97 Å². The first-order valence-electron chi connectivity index (χ1n) is 8.84. The van der Waals surface area contributed by atoms with E-state index in [0.717, 1.165) is 33.3 Å². The number of rotatable bonds is 6. The molecular weight excluding hydrogens is 378 g/mol. The second kappa shape index (κ2) is 7.55. The molecule has 0 spiro atoms. The Morgan fingerprint density at radius 3 is 2.82 bits per heavy atom. The van der Waals surface area contributed by atoms with E-state index in [0.29, 0.717) is 17.9 Å². The maximum Gasteiger partial charge on any atom is 0.374 e. The molecule has 0 amide bonds. The van der Waals surface area contributed by atoms with Gasteiger partial charge in [0, 0.05) is 23.8 Å². The second-order valence-corrected chi connectivity index (χ2v) is 7.11. The van der Waals surface area contributed by atoms with Crippen LogP contribution in [-0.4, -0.2) is 27.3 Å². The summed E-state index contributed by atoms with van der Waals surface area (Å²) in [6.45, 7) is 3.95. The third kappa shape index (κ3) is 3.20. The molecule has 0 aliphatic rings. The summed E-state index contributed by atoms with van der Waals surface area (Å²) in [6, 6.07) is 9.45. The Morgan fingerprint density at radius 2 is 2.07 bits per heavy atom. The molecule has 0 saturated carbocycles. The monoisotopic (exact) mass is 397 g/mol. The highest BCUT2D eigenvalue weighted by atomic mass is 32.2. The normalized spacial score (nSPS) is 11.2. The maximum absolute atomic E-state index is 12.3. The molecule has 3 heterocycles. The van der Waals surface area contributed by atoms with Gasteiger partial charge in [0.15, 0.2) is 11.0 Å². The van der Waals surface area contributed by atoms with Crippen LogP contribution >= 0.6 is 11.8 Å². The largest absolute Gasteiger partial charge is 0.469 e. The molecule has 4 rings (SSSR count). The van der Waals surface area contributed by atoms with Crippen LogP contribution in [0, 0.1) is 6.92 Å². The maximum atomic E-state index is 12.3. The van der Waals surface area contributed by atoms with E-state index in [1.54, 1.807) is 13.2 Å². The van der Waals surface area contributed by atoms with Gasteiger partial charge < -0.3 is 18.1 Å². The van der Waals surface area contributed by atoms with Gasteiger partial charge in [-0.1, -0.05) is 30.0 Å². The Labute approximate surface area is 165 Å². The third-order valence-electron chi connectivity index (χ3n) is 4.44. The van der Waals surface area contributed by atoms with Crippen LogP contribution in [0.1, 0.15) is 28.8 Å². The summed E-state index contributed by atoms with van der Waals surface area (Å²) in [4.78, 5) is 12.3. The quantitative estimate of drug-likeness (QED) is 0.347. The summed E-state index contributed by atoms with van der Waals surface area (Å²) >= 11 is 1.48. The van der Waals surface area contributed by atoms with E-state index in [9.17, 15) is 4.79 Å². The zero-order valence-electron chi connectivity index (χ0n) is 15.8. The van der Waals surface area contributed by atoms with Gasteiger partial charge in [0.05, 0.1) is 18.4 Å². The first-order chi connectivity index (χ1) is 13.6. The van der Waals surface area contributed by atoms with Crippen molar-refractivity contribution in [2.45, 2.75) is 24.8 Å². The third-order valence-corrected chi connectivity index (χ3v) is 5.49. The van der Waals surface area contributed by atoms with Crippen molar-refractivity contribution in [2.24, 2.45) is 7.05 Å². The smallest absolute Gasteiger partial charge is 0.374 e. The number of hydrogen-bond donors (Lipinski definition) is 0. The molecule has 0 aliphatic heterocycles. The second-order valence-electron chi connectivity index (χ2n) is 6.17. The van der Waals surface area contributed by atoms with Crippen molar-refractivity contribution in [2.75, 3.05) is 6.61 Å². The van der Waals surface area contributed by atoms with Crippen LogP contribution in [-0.2, 0) is 17.5 Å². The van der Waals surface area contributed by atoms with Crippen molar-refractivity contribution in [3.05, 3.63) is 53.7 Å². The number of hydrogen-bond acceptors (Lipinski definition) is 7. The van der Waals surface area contributed by atoms with E-state index in [-0.39, 0.29) is 5.76 Å². The van der Waals surface area contributed by atoms with Crippen molar-refractivity contribution in [1.82, 2.24) is 14.8 Å². The van der Waals surface area contributed by atoms with Gasteiger partial charge in [0.2, 0.25) is 5.76 Å². The summed E-state index contributed by atoms with van der Waals surface area (Å²) in [5.41, 5.74) is 2.36. The lowest BCUT2D eigenvalue weighted by Crippen LogP contribution is -2.06. The number of ether oxygens (including phenoxy) is 1. The Bertz CT molecular complexity index is 1140. The molecule has 0 saturated heterocycles. The molecule has 0 radical (unpaired) electrons. The molecule has 7 nitrogen and oxygen atoms in total. The van der Waals surface area contributed by atoms with Crippen LogP contribution < -0.4 is 0 Å². The molecule has 144 valence electrons. The van der Waals surface area contributed by atoms with Gasteiger partial charge >= 0.3 is 5.97 Å². The Kier molecular flexibility index (Phi) is 4.95. The standard InChI is InChI=1S/C20H19N3O4S/c1-4-25-19(24)17-15(14-7-5-6-8-16(14)27-17)11-28-20-22-21-18(23(20)3)13-9-10-26-12(13)2/h5-10H,4,11H2,1-3H3. The molecule has 28 heavy (non-hydrogen) atoms. The number of aromatic nitrogens is 3. The molecular formula is C20H19N3O4S. The van der Waals surface area contributed by atoms with Gasteiger partial charge in [0.1, 0.15) is 11.3 Å². The molecule has 8 heteroatoms. The highest BCUT2D eigenvalue weighted by Gasteiger charge is 2.23. The van der Waals surface area contributed by atoms with Gasteiger partial charge in [-0.15, -0.1) is 10.2 Å². The van der Waals surface area contributed by atoms with Crippen LogP contribution in [0.15, 0.2) is 50.6 Å². The number of nitrogens with zero attached hydrogens (tertiary/aromatic N) is 3. The van der Waals surface area contributed by atoms with E-state index >= 15 is 0 Å². The summed E-state index contributed by atoms with van der Waals surface area (Å²) in [5.74, 6) is 1.81. The predicted octanol–water partition coefficient (Wildman–Crippen LogP) is 4.60. The highest BCUT2D eigenvalue weighted by molar-refractivity contribution is 7.98. The minimum absolute atomic E-state index is 0.239. The summed E-state index contributed by atoms with van der Waals surface area (Å²) in [5, 5.41) is 10.2. The lowest BCUT2D eigenvalue weighted by Gasteiger charge is -2.04. The number of benzene rings is 1. The number of carbonyl (C=O) groups is 1. The number of fused-ring (bicyclic) bond motifs is 1. The SMILES string of the molecule is CCOC(=O)c1oc2ccccc2c1CSc1nnc(-c2ccoc2C)n1C. The van der Waals surface area contributed by atoms with Gasteiger partial charge in [-0.05, 0) is 26.0 Å². The minimum Gasteiger partial charge on any atom is -0.469 e. The topological polar surface area (TPSA) is 83.3 Å². The van der Waals surface area contributed by atoms with Crippen molar-refractivity contribution >= 4 is 28.7 Å². The number of thioether (sulfide) groups is 1. The Balaban J connectivity index is 1.65. The number of furan rings is 2. The zero-order chi connectivity index (χ0) is 19.7. The van der Waals surface area contributed by atoms with Gasteiger partial charge in [0.25, 0.3) is 0 Å². The molecule has 0 unspecified atom stereocenters. The fourth-order valence-electron chi connectivity index (χ4n) is 3.03. The van der Waals surface area contributed by atoms with E-state index in [1.165, 1.54) is 11.8 Å². The van der Waals surface area contributed by atoms with Gasteiger partial charge in [-0.25, -0.2) is 4.79 Å². The number of carbonyl (C=O) groups excluding carboxylic acids is 1. The van der Waals surface area contributed by atoms with Gasteiger partial charge in [-0.2, -0.15) is 0 Å². The molecule has 0 fully saturated rings. The molecule has 3 aromatic heterocycles. The Hall–Kier alpha value is -3.00. The summed E-state index contributed by atoms with van der Waals surface area (Å²) in [6.07, 6.45) is 1.63. The van der Waals surface area contributed by atoms with Crippen molar-refractivity contribution < 1.29 is 18.4 Å². The van der Waals surface area contributed by atoms with Crippen molar-refractivity contribution in [3.63, 3.8) is 0 Å². The molecule has 0 atom stereocenters. The van der Waals surface area contributed by atoms with Crippen molar-refractivity contribution in [1.29, 1.82) is 0 Å². The van der Waals surface area contributed by atoms with Crippen LogP contribution in [0.3, 0.4) is 0 Å². The zero-order valence-corrected chi connectivity index (χ0v) is 16.6. The van der Waals surface area contributed by atoms with Crippen LogP contribution in [0.4, 0.5) is 0 Å². The lowest BCUT2D eigenvalue weighted by atomic mass is 10.1. The predicted molar refractivity (Wildman–Crippen MR) is 105 cm³/mol. The van der Waals surface area contributed by atoms with E-state index in [4.69, 9.17) is 13.6 Å². The van der Waals surface area contributed by atoms with Gasteiger partial charge in [-0.3, -0.25) is 0 Å². The van der Waals surface area contributed by atoms with E-state index in [2.05, 4.69) is 10.2 Å². The summed E-state index contributed by atoms with van der Waals surface area (Å²) < 4.78 is 18.2. The average molecular weight is 397 g/mol. The first kappa shape index (κ1) is 18.4. The Morgan fingerprint density at radius 1 is 1.25 bits per heavy atom. The molecule has 0 bridgehead atoms. The first-order valence-corrected chi connectivity index (χ1v) is 9.83. The number of esters is 1. The van der Waals surface area contributed by atoms with Crippen LogP contribution in [0.5, 0.6) is 0 Å². The lowest BCUT2D eigenvalue weighted by molar-refractivity contribution is 0.0491. The molecule has 0 N–H and O–H groups in total. The molecule has 1 aromatic carbocycles. The fourth-order valence-corrected chi connectivity index (χ4v) is 3.97. The minimum atomic E-state index is -0.457. The van der Waals surface area contributed by atoms with E-state index in [1.807, 2.05) is 48.9 Å². The highest BCUT2D eigenvalue weighted by Crippen LogP contribution is 2.33. The number of para-hydroxylation sites is 1. The average Bonchev–Trinajstić information content (AvgIpc) is 3.37. The molecule has 0 aliphatic carbocycles.